The van der Waals surface area contributed by atoms with Crippen molar-refractivity contribution in [3.63, 3.8) is 0 Å². The Morgan fingerprint density at radius 1 is 1.19 bits per heavy atom. The third kappa shape index (κ3) is 3.09. The van der Waals surface area contributed by atoms with Crippen molar-refractivity contribution in [3.8, 4) is 0 Å². The molecule has 0 heterocycles. The van der Waals surface area contributed by atoms with Crippen molar-refractivity contribution in [2.45, 2.75) is 38.1 Å². The summed E-state index contributed by atoms with van der Waals surface area (Å²) in [5.74, 6) is -4.69. The van der Waals surface area contributed by atoms with Gasteiger partial charge in [-0.15, -0.1) is 0 Å². The minimum absolute atomic E-state index is 0.948. The molecule has 0 aliphatic heterocycles. The Labute approximate surface area is 91.3 Å². The van der Waals surface area contributed by atoms with Crippen LogP contribution in [0.15, 0.2) is 0 Å². The van der Waals surface area contributed by atoms with Crippen molar-refractivity contribution in [2.75, 3.05) is 0 Å². The lowest BCUT2D eigenvalue weighted by Gasteiger charge is -2.28. The van der Waals surface area contributed by atoms with Gasteiger partial charge in [0.2, 0.25) is 0 Å². The Balaban J connectivity index is 5.07. The number of hydrogen-bond donors (Lipinski definition) is 3. The molecule has 0 fully saturated rings. The van der Waals surface area contributed by atoms with E-state index in [-0.39, 0.29) is 0 Å². The highest BCUT2D eigenvalue weighted by molar-refractivity contribution is 6.10. The minimum Gasteiger partial charge on any atom is -0.546 e. The largest absolute Gasteiger partial charge is 0.546 e. The number of aliphatic hydroxyl groups is 3. The van der Waals surface area contributed by atoms with Crippen molar-refractivity contribution >= 4 is 17.5 Å². The molecule has 0 amide bonds. The molecule has 0 aliphatic carbocycles. The molecule has 0 radical (unpaired) electrons. The third-order valence-electron chi connectivity index (χ3n) is 2.02. The molecular weight excluding hydrogens is 220 g/mol. The van der Waals surface area contributed by atoms with Gasteiger partial charge >= 0.3 is 0 Å². The summed E-state index contributed by atoms with van der Waals surface area (Å²) in [6, 6.07) is 0. The topological polar surface area (TPSA) is 135 Å². The summed E-state index contributed by atoms with van der Waals surface area (Å²) < 4.78 is 0. The summed E-state index contributed by atoms with van der Waals surface area (Å²) in [6.07, 6.45) is -4.42. The second-order valence-electron chi connectivity index (χ2n) is 3.51. The van der Waals surface area contributed by atoms with Gasteiger partial charge in [-0.25, -0.2) is 0 Å². The Morgan fingerprint density at radius 3 is 1.88 bits per heavy atom. The Hall–Kier alpha value is -1.31. The number of Topliss-reactive ketones (excluding diaryl/α,β-unsaturated/α-hetero) is 2. The molecule has 0 aromatic heterocycles. The molecule has 0 bridgehead atoms. The van der Waals surface area contributed by atoms with E-state index in [0.717, 1.165) is 13.8 Å². The lowest BCUT2D eigenvalue weighted by atomic mass is 9.88. The summed E-state index contributed by atoms with van der Waals surface area (Å²) in [7, 11) is 0. The van der Waals surface area contributed by atoms with Crippen molar-refractivity contribution < 1.29 is 34.8 Å². The van der Waals surface area contributed by atoms with Crippen LogP contribution in [-0.4, -0.2) is 50.7 Å². The molecule has 0 aliphatic rings. The van der Waals surface area contributed by atoms with Gasteiger partial charge in [-0.3, -0.25) is 9.59 Å². The highest BCUT2D eigenvalue weighted by Crippen LogP contribution is 2.15. The molecule has 92 valence electrons. The zero-order chi connectivity index (χ0) is 13.1. The summed E-state index contributed by atoms with van der Waals surface area (Å²) in [6.45, 7) is 2.01. The Bertz CT molecular complexity index is 307. The van der Waals surface area contributed by atoms with Crippen LogP contribution < -0.4 is 5.11 Å². The first kappa shape index (κ1) is 14.7. The van der Waals surface area contributed by atoms with Crippen LogP contribution in [0.1, 0.15) is 20.3 Å². The lowest BCUT2D eigenvalue weighted by molar-refractivity contribution is -0.322. The summed E-state index contributed by atoms with van der Waals surface area (Å²) in [4.78, 5) is 32.9. The highest BCUT2D eigenvalue weighted by Gasteiger charge is 2.42. The molecule has 7 heteroatoms. The average molecular weight is 233 g/mol. The number of hydrogen-bond acceptors (Lipinski definition) is 7. The van der Waals surface area contributed by atoms with Gasteiger partial charge in [-0.2, -0.15) is 0 Å². The van der Waals surface area contributed by atoms with E-state index in [1.54, 1.807) is 0 Å². The van der Waals surface area contributed by atoms with Crippen molar-refractivity contribution in [1.82, 2.24) is 0 Å². The van der Waals surface area contributed by atoms with Gasteiger partial charge in [-0.05, 0) is 13.8 Å². The molecule has 7 nitrogen and oxygen atoms in total. The summed E-state index contributed by atoms with van der Waals surface area (Å²) in [5, 5.41) is 37.8. The standard InChI is InChI=1S/C9H14O7/c1-4(10)6(12)3-9(16,8(14)15)7(13)5(2)11/h4-5,10-11,16H,3H2,1-2H3,(H,14,15)/p-1. The predicted molar refractivity (Wildman–Crippen MR) is 47.9 cm³/mol. The highest BCUT2D eigenvalue weighted by atomic mass is 16.4. The second-order valence-corrected chi connectivity index (χ2v) is 3.51. The van der Waals surface area contributed by atoms with Crippen LogP contribution in [0.3, 0.4) is 0 Å². The van der Waals surface area contributed by atoms with E-state index in [0.29, 0.717) is 0 Å². The maximum absolute atomic E-state index is 11.2. The van der Waals surface area contributed by atoms with Crippen LogP contribution in [0.4, 0.5) is 0 Å². The fraction of sp³-hybridized carbons (Fsp3) is 0.667. The number of carbonyl (C=O) groups excluding carboxylic acids is 3. The van der Waals surface area contributed by atoms with Crippen LogP contribution in [0.25, 0.3) is 0 Å². The van der Waals surface area contributed by atoms with E-state index >= 15 is 0 Å². The maximum Gasteiger partial charge on any atom is 0.198 e. The number of carbonyl (C=O) groups is 3. The first-order valence-electron chi connectivity index (χ1n) is 4.50. The molecule has 3 atom stereocenters. The van der Waals surface area contributed by atoms with Gasteiger partial charge in [0.15, 0.2) is 17.2 Å². The zero-order valence-corrected chi connectivity index (χ0v) is 8.84. The molecule has 0 saturated heterocycles. The number of aliphatic carboxylic acids is 1. The van der Waals surface area contributed by atoms with Gasteiger partial charge < -0.3 is 25.2 Å². The van der Waals surface area contributed by atoms with Crippen LogP contribution in [0, 0.1) is 0 Å². The number of carboxylic acids is 1. The third-order valence-corrected chi connectivity index (χ3v) is 2.02. The normalized spacial score (nSPS) is 18.3. The van der Waals surface area contributed by atoms with E-state index < -0.39 is 41.8 Å². The first-order valence-corrected chi connectivity index (χ1v) is 4.50. The van der Waals surface area contributed by atoms with Gasteiger partial charge in [0.25, 0.3) is 0 Å². The van der Waals surface area contributed by atoms with E-state index in [1.807, 2.05) is 0 Å². The number of rotatable bonds is 6. The lowest BCUT2D eigenvalue weighted by Crippen LogP contribution is -2.58. The molecule has 16 heavy (non-hydrogen) atoms. The van der Waals surface area contributed by atoms with Crippen LogP contribution in [0.2, 0.25) is 0 Å². The number of ketones is 2. The SMILES string of the molecule is CC(O)C(=O)CC(O)(C(=O)[O-])C(=O)C(C)O. The maximum atomic E-state index is 11.2. The van der Waals surface area contributed by atoms with E-state index in [1.165, 1.54) is 0 Å². The zero-order valence-electron chi connectivity index (χ0n) is 8.84. The van der Waals surface area contributed by atoms with E-state index in [9.17, 15) is 24.6 Å². The van der Waals surface area contributed by atoms with Crippen LogP contribution >= 0.6 is 0 Å². The second kappa shape index (κ2) is 5.15. The minimum atomic E-state index is -3.11. The fourth-order valence-electron chi connectivity index (χ4n) is 1.01. The molecule has 0 aromatic rings. The van der Waals surface area contributed by atoms with Gasteiger partial charge in [0, 0.05) is 0 Å². The van der Waals surface area contributed by atoms with Crippen molar-refractivity contribution in [1.29, 1.82) is 0 Å². The monoisotopic (exact) mass is 233 g/mol. The van der Waals surface area contributed by atoms with Gasteiger partial charge in [0.1, 0.15) is 12.2 Å². The average Bonchev–Trinajstić information content (AvgIpc) is 2.15. The molecule has 0 rings (SSSR count). The fourth-order valence-corrected chi connectivity index (χ4v) is 1.01. The molecule has 3 unspecified atom stereocenters. The summed E-state index contributed by atoms with van der Waals surface area (Å²) in [5.41, 5.74) is -3.11. The number of carboxylic acid groups (broad SMARTS) is 1. The van der Waals surface area contributed by atoms with E-state index in [2.05, 4.69) is 0 Å². The quantitative estimate of drug-likeness (QED) is 0.410. The predicted octanol–water partition coefficient (Wildman–Crippen LogP) is -3.24. The van der Waals surface area contributed by atoms with Crippen molar-refractivity contribution in [3.05, 3.63) is 0 Å². The Morgan fingerprint density at radius 2 is 1.62 bits per heavy atom. The van der Waals surface area contributed by atoms with Gasteiger partial charge in [0.05, 0.1) is 12.4 Å². The van der Waals surface area contributed by atoms with Gasteiger partial charge in [-0.1, -0.05) is 0 Å². The van der Waals surface area contributed by atoms with Crippen LogP contribution in [0.5, 0.6) is 0 Å². The Kier molecular flexibility index (Phi) is 4.73. The first-order chi connectivity index (χ1) is 7.12. The molecule has 0 aromatic carbocycles. The van der Waals surface area contributed by atoms with Crippen molar-refractivity contribution in [2.24, 2.45) is 0 Å². The molecule has 3 N–H and O–H groups in total. The number of aliphatic hydroxyl groups excluding tert-OH is 2. The van der Waals surface area contributed by atoms with Crippen LogP contribution in [-0.2, 0) is 14.4 Å². The molecule has 0 saturated carbocycles. The summed E-state index contributed by atoms with van der Waals surface area (Å²) >= 11 is 0. The smallest absolute Gasteiger partial charge is 0.198 e. The molecule has 0 spiro atoms. The van der Waals surface area contributed by atoms with E-state index in [4.69, 9.17) is 10.2 Å². The molecular formula is C9H13O7-.